The van der Waals surface area contributed by atoms with Gasteiger partial charge >= 0.3 is 5.97 Å². The summed E-state index contributed by atoms with van der Waals surface area (Å²) in [6.07, 6.45) is 0. The standard InChI is InChI=1S/C16H16ClNO3/c1-11-6-7-12(13(17)8-11)9-21-16(19)10-20-15-5-3-2-4-14(15)18/h2-8H,9-10,18H2,1H3. The highest BCUT2D eigenvalue weighted by atomic mass is 35.5. The van der Waals surface area contributed by atoms with Crippen molar-refractivity contribution < 1.29 is 14.3 Å². The highest BCUT2D eigenvalue weighted by Gasteiger charge is 2.08. The maximum absolute atomic E-state index is 11.6. The molecule has 2 aromatic carbocycles. The van der Waals surface area contributed by atoms with Crippen molar-refractivity contribution >= 4 is 23.3 Å². The normalized spacial score (nSPS) is 10.2. The Balaban J connectivity index is 1.84. The van der Waals surface area contributed by atoms with Crippen molar-refractivity contribution in [1.29, 1.82) is 0 Å². The van der Waals surface area contributed by atoms with Crippen molar-refractivity contribution in [2.75, 3.05) is 12.3 Å². The largest absolute Gasteiger partial charge is 0.480 e. The highest BCUT2D eigenvalue weighted by Crippen LogP contribution is 2.20. The first-order valence-electron chi connectivity index (χ1n) is 6.44. The average molecular weight is 306 g/mol. The molecular formula is C16H16ClNO3. The second-order valence-electron chi connectivity index (χ2n) is 4.58. The number of hydrogen-bond donors (Lipinski definition) is 1. The predicted molar refractivity (Wildman–Crippen MR) is 82.3 cm³/mol. The molecule has 110 valence electrons. The lowest BCUT2D eigenvalue weighted by Gasteiger charge is -2.09. The maximum Gasteiger partial charge on any atom is 0.344 e. The van der Waals surface area contributed by atoms with Crippen LogP contribution in [0.25, 0.3) is 0 Å². The summed E-state index contributed by atoms with van der Waals surface area (Å²) in [7, 11) is 0. The molecule has 5 heteroatoms. The van der Waals surface area contributed by atoms with Crippen LogP contribution in [0, 0.1) is 6.92 Å². The lowest BCUT2D eigenvalue weighted by atomic mass is 10.2. The first-order valence-corrected chi connectivity index (χ1v) is 6.82. The van der Waals surface area contributed by atoms with Gasteiger partial charge in [0.15, 0.2) is 6.61 Å². The van der Waals surface area contributed by atoms with E-state index in [1.165, 1.54) is 0 Å². The Labute approximate surface area is 128 Å². The number of anilines is 1. The van der Waals surface area contributed by atoms with Crippen LogP contribution < -0.4 is 10.5 Å². The van der Waals surface area contributed by atoms with Crippen molar-refractivity contribution in [3.8, 4) is 5.75 Å². The van der Waals surface area contributed by atoms with E-state index in [-0.39, 0.29) is 13.2 Å². The van der Waals surface area contributed by atoms with Gasteiger partial charge in [-0.15, -0.1) is 0 Å². The van der Waals surface area contributed by atoms with Crippen LogP contribution in [0.1, 0.15) is 11.1 Å². The Bertz CT molecular complexity index is 643. The fourth-order valence-corrected chi connectivity index (χ4v) is 2.01. The van der Waals surface area contributed by atoms with Crippen LogP contribution in [0.15, 0.2) is 42.5 Å². The van der Waals surface area contributed by atoms with Gasteiger partial charge in [0.2, 0.25) is 0 Å². The second kappa shape index (κ2) is 6.99. The van der Waals surface area contributed by atoms with Crippen molar-refractivity contribution in [2.45, 2.75) is 13.5 Å². The van der Waals surface area contributed by atoms with Gasteiger partial charge in [-0.05, 0) is 30.7 Å². The van der Waals surface area contributed by atoms with E-state index in [1.807, 2.05) is 25.1 Å². The van der Waals surface area contributed by atoms with E-state index >= 15 is 0 Å². The van der Waals surface area contributed by atoms with Crippen molar-refractivity contribution in [3.63, 3.8) is 0 Å². The number of nitrogens with two attached hydrogens (primary N) is 1. The Hall–Kier alpha value is -2.20. The first-order chi connectivity index (χ1) is 10.1. The molecule has 0 fully saturated rings. The molecule has 2 rings (SSSR count). The van der Waals surface area contributed by atoms with E-state index < -0.39 is 5.97 Å². The molecular weight excluding hydrogens is 290 g/mol. The summed E-state index contributed by atoms with van der Waals surface area (Å²) in [6.45, 7) is 1.86. The number of carbonyl (C=O) groups is 1. The Morgan fingerprint density at radius 2 is 2.00 bits per heavy atom. The smallest absolute Gasteiger partial charge is 0.344 e. The number of hydrogen-bond acceptors (Lipinski definition) is 4. The minimum atomic E-state index is -0.477. The molecule has 2 N–H and O–H groups in total. The predicted octanol–water partition coefficient (Wildman–Crippen LogP) is 3.35. The van der Waals surface area contributed by atoms with Gasteiger partial charge in [0.05, 0.1) is 5.69 Å². The average Bonchev–Trinajstić information content (AvgIpc) is 2.45. The molecule has 4 nitrogen and oxygen atoms in total. The summed E-state index contributed by atoms with van der Waals surface area (Å²) in [5.41, 5.74) is 8.00. The summed E-state index contributed by atoms with van der Waals surface area (Å²) in [4.78, 5) is 11.6. The van der Waals surface area contributed by atoms with Gasteiger partial charge in [-0.25, -0.2) is 4.79 Å². The second-order valence-corrected chi connectivity index (χ2v) is 4.99. The molecule has 0 unspecified atom stereocenters. The van der Waals surface area contributed by atoms with Gasteiger partial charge in [0.1, 0.15) is 12.4 Å². The molecule has 2 aromatic rings. The van der Waals surface area contributed by atoms with Crippen molar-refractivity contribution in [2.24, 2.45) is 0 Å². The van der Waals surface area contributed by atoms with Crippen LogP contribution in [0.4, 0.5) is 5.69 Å². The molecule has 0 radical (unpaired) electrons. The number of benzene rings is 2. The van der Waals surface area contributed by atoms with Gasteiger partial charge in [-0.3, -0.25) is 0 Å². The molecule has 21 heavy (non-hydrogen) atoms. The topological polar surface area (TPSA) is 61.5 Å². The third kappa shape index (κ3) is 4.39. The molecule has 0 saturated heterocycles. The zero-order valence-corrected chi connectivity index (χ0v) is 12.4. The van der Waals surface area contributed by atoms with Crippen LogP contribution in [0.2, 0.25) is 5.02 Å². The van der Waals surface area contributed by atoms with Crippen molar-refractivity contribution in [3.05, 3.63) is 58.6 Å². The molecule has 0 atom stereocenters. The number of nitrogen functional groups attached to an aromatic ring is 1. The summed E-state index contributed by atoms with van der Waals surface area (Å²) in [5.74, 6) is -0.0160. The molecule has 0 heterocycles. The lowest BCUT2D eigenvalue weighted by Crippen LogP contribution is -2.15. The third-order valence-electron chi connectivity index (χ3n) is 2.86. The van der Waals surface area contributed by atoms with Crippen LogP contribution in [-0.4, -0.2) is 12.6 Å². The Morgan fingerprint density at radius 1 is 1.24 bits per heavy atom. The zero-order valence-electron chi connectivity index (χ0n) is 11.6. The van der Waals surface area contributed by atoms with Crippen molar-refractivity contribution in [1.82, 2.24) is 0 Å². The fraction of sp³-hybridized carbons (Fsp3) is 0.188. The Morgan fingerprint density at radius 3 is 2.71 bits per heavy atom. The molecule has 0 aromatic heterocycles. The lowest BCUT2D eigenvalue weighted by molar-refractivity contribution is -0.147. The van der Waals surface area contributed by atoms with Crippen LogP contribution in [0.3, 0.4) is 0 Å². The number of para-hydroxylation sites is 2. The van der Waals surface area contributed by atoms with Crippen LogP contribution in [-0.2, 0) is 16.1 Å². The molecule has 0 saturated carbocycles. The molecule has 0 aliphatic rings. The van der Waals surface area contributed by atoms with Crippen LogP contribution in [0.5, 0.6) is 5.75 Å². The number of ether oxygens (including phenoxy) is 2. The SMILES string of the molecule is Cc1ccc(COC(=O)COc2ccccc2N)c(Cl)c1. The molecule has 0 amide bonds. The molecule has 0 aliphatic carbocycles. The summed E-state index contributed by atoms with van der Waals surface area (Å²) in [6, 6.07) is 12.5. The molecule has 0 spiro atoms. The van der Waals surface area contributed by atoms with Gasteiger partial charge < -0.3 is 15.2 Å². The quantitative estimate of drug-likeness (QED) is 0.679. The van der Waals surface area contributed by atoms with Gasteiger partial charge in [0.25, 0.3) is 0 Å². The number of halogens is 1. The number of aryl methyl sites for hydroxylation is 1. The number of carbonyl (C=O) groups excluding carboxylic acids is 1. The zero-order chi connectivity index (χ0) is 15.2. The molecule has 0 bridgehead atoms. The van der Waals surface area contributed by atoms with Gasteiger partial charge in [-0.2, -0.15) is 0 Å². The van der Waals surface area contributed by atoms with E-state index in [1.54, 1.807) is 24.3 Å². The first kappa shape index (κ1) is 15.2. The van der Waals surface area contributed by atoms with E-state index in [2.05, 4.69) is 0 Å². The monoisotopic (exact) mass is 305 g/mol. The minimum absolute atomic E-state index is 0.117. The minimum Gasteiger partial charge on any atom is -0.480 e. The summed E-state index contributed by atoms with van der Waals surface area (Å²) in [5, 5.41) is 0.580. The third-order valence-corrected chi connectivity index (χ3v) is 3.21. The fourth-order valence-electron chi connectivity index (χ4n) is 1.72. The Kier molecular flexibility index (Phi) is 5.06. The summed E-state index contributed by atoms with van der Waals surface area (Å²) < 4.78 is 10.4. The van der Waals surface area contributed by atoms with E-state index in [0.717, 1.165) is 11.1 Å². The van der Waals surface area contributed by atoms with E-state index in [9.17, 15) is 4.79 Å². The van der Waals surface area contributed by atoms with Crippen LogP contribution >= 0.6 is 11.6 Å². The van der Waals surface area contributed by atoms with Gasteiger partial charge in [0, 0.05) is 10.6 Å². The van der Waals surface area contributed by atoms with Gasteiger partial charge in [-0.1, -0.05) is 35.9 Å². The summed E-state index contributed by atoms with van der Waals surface area (Å²) >= 11 is 6.07. The maximum atomic E-state index is 11.6. The van der Waals surface area contributed by atoms with E-state index in [4.69, 9.17) is 26.8 Å². The number of rotatable bonds is 5. The number of esters is 1. The molecule has 0 aliphatic heterocycles. The highest BCUT2D eigenvalue weighted by molar-refractivity contribution is 6.31. The van der Waals surface area contributed by atoms with E-state index in [0.29, 0.717) is 16.5 Å².